The van der Waals surface area contributed by atoms with Crippen LogP contribution in [-0.2, 0) is 6.54 Å². The van der Waals surface area contributed by atoms with Crippen molar-refractivity contribution >= 4 is 28.3 Å². The van der Waals surface area contributed by atoms with E-state index in [2.05, 4.69) is 37.1 Å². The number of aromatic amines is 1. The van der Waals surface area contributed by atoms with Crippen molar-refractivity contribution < 1.29 is 0 Å². The highest BCUT2D eigenvalue weighted by atomic mass is 35.5. The first-order valence-electron chi connectivity index (χ1n) is 8.67. The molecule has 7 heteroatoms. The lowest BCUT2D eigenvalue weighted by atomic mass is 10.1. The standard InChI is InChI=1S/C19H20ClN5O/c1-13-2-3-14-11-15(19(26)21-16(14)10-13)12-24-6-8-25(9-7-24)18-5-4-17(20)22-23-18/h2-5,10-11H,6-9,12H2,1H3,(H,21,26). The van der Waals surface area contributed by atoms with Crippen LogP contribution in [0.25, 0.3) is 10.9 Å². The quantitative estimate of drug-likeness (QED) is 0.768. The third-order valence-electron chi connectivity index (χ3n) is 4.79. The van der Waals surface area contributed by atoms with E-state index < -0.39 is 0 Å². The number of anilines is 1. The van der Waals surface area contributed by atoms with Crippen molar-refractivity contribution in [2.45, 2.75) is 13.5 Å². The summed E-state index contributed by atoms with van der Waals surface area (Å²) in [7, 11) is 0. The summed E-state index contributed by atoms with van der Waals surface area (Å²) in [5.74, 6) is 0.841. The number of aryl methyl sites for hydroxylation is 1. The predicted molar refractivity (Wildman–Crippen MR) is 104 cm³/mol. The second-order valence-electron chi connectivity index (χ2n) is 6.69. The molecule has 0 atom stereocenters. The van der Waals surface area contributed by atoms with E-state index in [0.29, 0.717) is 11.7 Å². The van der Waals surface area contributed by atoms with Crippen molar-refractivity contribution in [3.8, 4) is 0 Å². The van der Waals surface area contributed by atoms with Gasteiger partial charge in [0.15, 0.2) is 11.0 Å². The van der Waals surface area contributed by atoms with Gasteiger partial charge in [-0.15, -0.1) is 10.2 Å². The molecule has 26 heavy (non-hydrogen) atoms. The molecule has 0 bridgehead atoms. The third kappa shape index (κ3) is 3.57. The van der Waals surface area contributed by atoms with Crippen molar-refractivity contribution in [1.82, 2.24) is 20.1 Å². The molecule has 1 saturated heterocycles. The number of rotatable bonds is 3. The number of pyridine rings is 1. The van der Waals surface area contributed by atoms with Gasteiger partial charge in [-0.2, -0.15) is 0 Å². The van der Waals surface area contributed by atoms with Gasteiger partial charge in [0.1, 0.15) is 0 Å². The largest absolute Gasteiger partial charge is 0.353 e. The maximum absolute atomic E-state index is 12.4. The second-order valence-corrected chi connectivity index (χ2v) is 7.08. The van der Waals surface area contributed by atoms with Crippen molar-refractivity contribution in [2.24, 2.45) is 0 Å². The molecule has 0 unspecified atom stereocenters. The van der Waals surface area contributed by atoms with Gasteiger partial charge in [-0.3, -0.25) is 9.69 Å². The number of nitrogens with zero attached hydrogens (tertiary/aromatic N) is 4. The Morgan fingerprint density at radius 1 is 1.08 bits per heavy atom. The van der Waals surface area contributed by atoms with Crippen LogP contribution >= 0.6 is 11.6 Å². The number of hydrogen-bond acceptors (Lipinski definition) is 5. The lowest BCUT2D eigenvalue weighted by Gasteiger charge is -2.35. The minimum Gasteiger partial charge on any atom is -0.353 e. The summed E-state index contributed by atoms with van der Waals surface area (Å²) in [6.45, 7) is 6.11. The van der Waals surface area contributed by atoms with Crippen LogP contribution in [0.1, 0.15) is 11.1 Å². The summed E-state index contributed by atoms with van der Waals surface area (Å²) in [4.78, 5) is 19.9. The van der Waals surface area contributed by atoms with Crippen LogP contribution in [0.2, 0.25) is 5.15 Å². The number of H-pyrrole nitrogens is 1. The smallest absolute Gasteiger partial charge is 0.252 e. The Hall–Kier alpha value is -2.44. The molecule has 1 N–H and O–H groups in total. The fourth-order valence-electron chi connectivity index (χ4n) is 3.33. The van der Waals surface area contributed by atoms with Gasteiger partial charge in [0.05, 0.1) is 0 Å². The number of hydrogen-bond donors (Lipinski definition) is 1. The zero-order valence-corrected chi connectivity index (χ0v) is 15.3. The fourth-order valence-corrected chi connectivity index (χ4v) is 3.43. The summed E-state index contributed by atoms with van der Waals surface area (Å²) in [6.07, 6.45) is 0. The molecule has 1 aliphatic rings. The molecule has 0 aliphatic carbocycles. The van der Waals surface area contributed by atoms with E-state index >= 15 is 0 Å². The molecule has 134 valence electrons. The first-order chi connectivity index (χ1) is 12.6. The molecule has 0 saturated carbocycles. The first-order valence-corrected chi connectivity index (χ1v) is 9.05. The van der Waals surface area contributed by atoms with Crippen molar-refractivity contribution in [3.63, 3.8) is 0 Å². The van der Waals surface area contributed by atoms with Gasteiger partial charge in [-0.25, -0.2) is 0 Å². The van der Waals surface area contributed by atoms with Crippen LogP contribution in [0.15, 0.2) is 41.2 Å². The molecule has 0 radical (unpaired) electrons. The Kier molecular flexibility index (Phi) is 4.61. The van der Waals surface area contributed by atoms with Crippen LogP contribution in [0.4, 0.5) is 5.82 Å². The zero-order chi connectivity index (χ0) is 18.1. The Morgan fingerprint density at radius 2 is 1.88 bits per heavy atom. The zero-order valence-electron chi connectivity index (χ0n) is 14.6. The highest BCUT2D eigenvalue weighted by Crippen LogP contribution is 2.17. The molecule has 4 rings (SSSR count). The Morgan fingerprint density at radius 3 is 2.62 bits per heavy atom. The predicted octanol–water partition coefficient (Wildman–Crippen LogP) is 2.60. The second kappa shape index (κ2) is 7.05. The Balaban J connectivity index is 1.45. The van der Waals surface area contributed by atoms with E-state index in [-0.39, 0.29) is 5.56 Å². The van der Waals surface area contributed by atoms with Gasteiger partial charge >= 0.3 is 0 Å². The topological polar surface area (TPSA) is 65.1 Å². The van der Waals surface area contributed by atoms with Crippen molar-refractivity contribution in [2.75, 3.05) is 31.1 Å². The highest BCUT2D eigenvalue weighted by Gasteiger charge is 2.19. The molecule has 2 aromatic heterocycles. The lowest BCUT2D eigenvalue weighted by molar-refractivity contribution is 0.248. The van der Waals surface area contributed by atoms with Gasteiger partial charge in [-0.05, 0) is 42.1 Å². The maximum atomic E-state index is 12.4. The third-order valence-corrected chi connectivity index (χ3v) is 4.99. The van der Waals surface area contributed by atoms with Gasteiger partial charge in [-0.1, -0.05) is 23.7 Å². The van der Waals surface area contributed by atoms with E-state index in [9.17, 15) is 4.79 Å². The molecule has 1 fully saturated rings. The monoisotopic (exact) mass is 369 g/mol. The number of halogens is 1. The Bertz CT molecular complexity index is 977. The number of nitrogens with one attached hydrogen (secondary N) is 1. The van der Waals surface area contributed by atoms with E-state index in [1.165, 1.54) is 0 Å². The minimum absolute atomic E-state index is 0.00547. The SMILES string of the molecule is Cc1ccc2cc(CN3CCN(c4ccc(Cl)nn4)CC3)c(=O)[nH]c2c1. The van der Waals surface area contributed by atoms with E-state index in [0.717, 1.165) is 54.0 Å². The Labute approximate surface area is 156 Å². The van der Waals surface area contributed by atoms with Gasteiger partial charge in [0.2, 0.25) is 0 Å². The molecular weight excluding hydrogens is 350 g/mol. The normalized spacial score (nSPS) is 15.5. The van der Waals surface area contributed by atoms with Crippen LogP contribution in [0, 0.1) is 6.92 Å². The van der Waals surface area contributed by atoms with E-state index in [1.54, 1.807) is 6.07 Å². The first kappa shape index (κ1) is 17.0. The minimum atomic E-state index is -0.00547. The van der Waals surface area contributed by atoms with Crippen LogP contribution in [0.3, 0.4) is 0 Å². The van der Waals surface area contributed by atoms with E-state index in [1.807, 2.05) is 25.1 Å². The molecule has 3 heterocycles. The van der Waals surface area contributed by atoms with Crippen LogP contribution in [-0.4, -0.2) is 46.3 Å². The summed E-state index contributed by atoms with van der Waals surface area (Å²) < 4.78 is 0. The molecule has 1 aliphatic heterocycles. The summed E-state index contributed by atoms with van der Waals surface area (Å²) in [6, 6.07) is 11.8. The molecule has 3 aromatic rings. The van der Waals surface area contributed by atoms with E-state index in [4.69, 9.17) is 11.6 Å². The molecule has 1 aromatic carbocycles. The van der Waals surface area contributed by atoms with Crippen molar-refractivity contribution in [3.05, 3.63) is 63.0 Å². The summed E-state index contributed by atoms with van der Waals surface area (Å²) in [5.41, 5.74) is 2.84. The molecule has 0 spiro atoms. The summed E-state index contributed by atoms with van der Waals surface area (Å²) in [5, 5.41) is 9.51. The lowest BCUT2D eigenvalue weighted by Crippen LogP contribution is -2.46. The molecular formula is C19H20ClN5O. The molecule has 0 amide bonds. The average Bonchev–Trinajstić information content (AvgIpc) is 2.64. The fraction of sp³-hybridized carbons (Fsp3) is 0.316. The average molecular weight is 370 g/mol. The van der Waals surface area contributed by atoms with Gasteiger partial charge < -0.3 is 9.88 Å². The van der Waals surface area contributed by atoms with Gasteiger partial charge in [0.25, 0.3) is 5.56 Å². The van der Waals surface area contributed by atoms with Crippen LogP contribution < -0.4 is 10.5 Å². The number of aromatic nitrogens is 3. The maximum Gasteiger partial charge on any atom is 0.252 e. The van der Waals surface area contributed by atoms with Crippen LogP contribution in [0.5, 0.6) is 0 Å². The summed E-state index contributed by atoms with van der Waals surface area (Å²) >= 11 is 5.80. The number of piperazine rings is 1. The number of fused-ring (bicyclic) bond motifs is 1. The van der Waals surface area contributed by atoms with Gasteiger partial charge in [0, 0.05) is 43.8 Å². The van der Waals surface area contributed by atoms with Crippen molar-refractivity contribution in [1.29, 1.82) is 0 Å². The highest BCUT2D eigenvalue weighted by molar-refractivity contribution is 6.29. The molecule has 6 nitrogen and oxygen atoms in total. The number of benzene rings is 1.